The van der Waals surface area contributed by atoms with Crippen LogP contribution in [0.5, 0.6) is 0 Å². The maximum Gasteiger partial charge on any atom is 0.309 e. The van der Waals surface area contributed by atoms with Crippen LogP contribution in [0.25, 0.3) is 0 Å². The highest BCUT2D eigenvalue weighted by Gasteiger charge is 2.37. The highest BCUT2D eigenvalue weighted by molar-refractivity contribution is 5.74. The smallest absolute Gasteiger partial charge is 0.309 e. The molecule has 1 aliphatic heterocycles. The summed E-state index contributed by atoms with van der Waals surface area (Å²) in [6.07, 6.45) is 7.58. The van der Waals surface area contributed by atoms with E-state index in [1.807, 2.05) is 6.92 Å². The van der Waals surface area contributed by atoms with E-state index in [-0.39, 0.29) is 18.0 Å². The predicted octanol–water partition coefficient (Wildman–Crippen LogP) is 2.52. The molecule has 2 unspecified atom stereocenters. The molecule has 1 saturated carbocycles. The van der Waals surface area contributed by atoms with Gasteiger partial charge in [0.25, 0.3) is 0 Å². The molecule has 2 fully saturated rings. The van der Waals surface area contributed by atoms with E-state index in [9.17, 15) is 4.79 Å². The van der Waals surface area contributed by atoms with Crippen LogP contribution in [0, 0.1) is 11.8 Å². The zero-order valence-electron chi connectivity index (χ0n) is 8.29. The third kappa shape index (κ3) is 1.87. The second-order valence-electron chi connectivity index (χ2n) is 4.49. The molecule has 2 aliphatic rings. The van der Waals surface area contributed by atoms with E-state index in [2.05, 4.69) is 0 Å². The minimum atomic E-state index is 0.0689. The average Bonchev–Trinajstić information content (AvgIpc) is 2.47. The van der Waals surface area contributed by atoms with Crippen LogP contribution in [0.4, 0.5) is 0 Å². The van der Waals surface area contributed by atoms with Gasteiger partial charge in [-0.15, -0.1) is 0 Å². The summed E-state index contributed by atoms with van der Waals surface area (Å²) in [4.78, 5) is 11.5. The number of hydrogen-bond donors (Lipinski definition) is 0. The maximum atomic E-state index is 11.5. The first-order valence-corrected chi connectivity index (χ1v) is 5.48. The third-order valence-corrected chi connectivity index (χ3v) is 3.42. The van der Waals surface area contributed by atoms with Gasteiger partial charge in [-0.2, -0.15) is 0 Å². The first-order chi connectivity index (χ1) is 6.27. The molecule has 74 valence electrons. The molecule has 0 spiro atoms. The molecule has 1 saturated heterocycles. The van der Waals surface area contributed by atoms with Gasteiger partial charge < -0.3 is 4.74 Å². The molecule has 2 nitrogen and oxygen atoms in total. The molecule has 2 heteroatoms. The Morgan fingerprint density at radius 2 is 1.92 bits per heavy atom. The van der Waals surface area contributed by atoms with Gasteiger partial charge >= 0.3 is 5.97 Å². The number of rotatable bonds is 1. The molecule has 13 heavy (non-hydrogen) atoms. The lowest BCUT2D eigenvalue weighted by Gasteiger charge is -2.24. The Balaban J connectivity index is 1.95. The van der Waals surface area contributed by atoms with Crippen LogP contribution in [0.2, 0.25) is 0 Å². The summed E-state index contributed by atoms with van der Waals surface area (Å²) in [5.41, 5.74) is 0. The Hall–Kier alpha value is -0.530. The molecular formula is C11H18O2. The molecule has 2 atom stereocenters. The first kappa shape index (κ1) is 9.04. The second-order valence-corrected chi connectivity index (χ2v) is 4.49. The summed E-state index contributed by atoms with van der Waals surface area (Å²) in [6.45, 7) is 2.00. The third-order valence-electron chi connectivity index (χ3n) is 3.42. The van der Waals surface area contributed by atoms with Crippen LogP contribution >= 0.6 is 0 Å². The van der Waals surface area contributed by atoms with Crippen molar-refractivity contribution in [1.82, 2.24) is 0 Å². The van der Waals surface area contributed by atoms with Crippen molar-refractivity contribution in [2.24, 2.45) is 11.8 Å². The summed E-state index contributed by atoms with van der Waals surface area (Å²) in [7, 11) is 0. The van der Waals surface area contributed by atoms with Crippen LogP contribution in [0.3, 0.4) is 0 Å². The normalized spacial score (nSPS) is 36.2. The van der Waals surface area contributed by atoms with Gasteiger partial charge in [0.15, 0.2) is 0 Å². The zero-order chi connectivity index (χ0) is 9.26. The Bertz CT molecular complexity index is 194. The Kier molecular flexibility index (Phi) is 2.56. The van der Waals surface area contributed by atoms with Crippen molar-refractivity contribution >= 4 is 5.97 Å². The molecular weight excluding hydrogens is 164 g/mol. The Morgan fingerprint density at radius 1 is 1.23 bits per heavy atom. The number of carbonyl (C=O) groups excluding carboxylic acids is 1. The minimum absolute atomic E-state index is 0.0689. The molecule has 2 rings (SSSR count). The van der Waals surface area contributed by atoms with Crippen LogP contribution in [-0.4, -0.2) is 12.1 Å². The van der Waals surface area contributed by atoms with E-state index in [1.54, 1.807) is 0 Å². The monoisotopic (exact) mass is 182 g/mol. The lowest BCUT2D eigenvalue weighted by atomic mass is 9.79. The van der Waals surface area contributed by atoms with E-state index < -0.39 is 0 Å². The van der Waals surface area contributed by atoms with Gasteiger partial charge in [0.2, 0.25) is 0 Å². The number of hydrogen-bond acceptors (Lipinski definition) is 2. The van der Waals surface area contributed by atoms with Gasteiger partial charge in [-0.25, -0.2) is 0 Å². The molecule has 0 bridgehead atoms. The summed E-state index contributed by atoms with van der Waals surface area (Å²) >= 11 is 0. The van der Waals surface area contributed by atoms with E-state index in [1.165, 1.54) is 32.1 Å². The Morgan fingerprint density at radius 3 is 2.46 bits per heavy atom. The molecule has 0 aromatic carbocycles. The molecule has 0 amide bonds. The lowest BCUT2D eigenvalue weighted by molar-refractivity contribution is -0.145. The van der Waals surface area contributed by atoms with E-state index in [0.717, 1.165) is 6.42 Å². The molecule has 0 aromatic rings. The molecule has 0 N–H and O–H groups in total. The first-order valence-electron chi connectivity index (χ1n) is 5.48. The van der Waals surface area contributed by atoms with Gasteiger partial charge in [0.05, 0.1) is 12.0 Å². The van der Waals surface area contributed by atoms with Crippen molar-refractivity contribution < 1.29 is 9.53 Å². The van der Waals surface area contributed by atoms with Gasteiger partial charge in [0.1, 0.15) is 0 Å². The predicted molar refractivity (Wildman–Crippen MR) is 50.2 cm³/mol. The quantitative estimate of drug-likeness (QED) is 0.582. The molecule has 1 heterocycles. The lowest BCUT2D eigenvalue weighted by Crippen LogP contribution is -2.21. The fourth-order valence-corrected chi connectivity index (χ4v) is 2.71. The molecule has 1 aliphatic carbocycles. The van der Waals surface area contributed by atoms with E-state index in [0.29, 0.717) is 5.92 Å². The van der Waals surface area contributed by atoms with Crippen molar-refractivity contribution in [3.63, 3.8) is 0 Å². The van der Waals surface area contributed by atoms with Crippen molar-refractivity contribution in [3.05, 3.63) is 0 Å². The topological polar surface area (TPSA) is 26.3 Å². The minimum Gasteiger partial charge on any atom is -0.462 e. The zero-order valence-corrected chi connectivity index (χ0v) is 8.29. The van der Waals surface area contributed by atoms with Crippen LogP contribution < -0.4 is 0 Å². The number of carbonyl (C=O) groups is 1. The number of cyclic esters (lactones) is 1. The fourth-order valence-electron chi connectivity index (χ4n) is 2.71. The SMILES string of the molecule is CC1CC(C2CCCCC2)C(=O)O1. The number of ether oxygens (including phenoxy) is 1. The van der Waals surface area contributed by atoms with Gasteiger partial charge in [-0.05, 0) is 32.1 Å². The maximum absolute atomic E-state index is 11.5. The van der Waals surface area contributed by atoms with Crippen molar-refractivity contribution in [1.29, 1.82) is 0 Å². The molecule has 0 aromatic heterocycles. The van der Waals surface area contributed by atoms with Crippen molar-refractivity contribution in [2.45, 2.75) is 51.6 Å². The van der Waals surface area contributed by atoms with Crippen molar-refractivity contribution in [2.75, 3.05) is 0 Å². The van der Waals surface area contributed by atoms with Crippen molar-refractivity contribution in [3.8, 4) is 0 Å². The van der Waals surface area contributed by atoms with E-state index in [4.69, 9.17) is 4.74 Å². The summed E-state index contributed by atoms with van der Waals surface area (Å²) < 4.78 is 5.19. The van der Waals surface area contributed by atoms with Crippen LogP contribution in [0.1, 0.15) is 45.4 Å². The Labute approximate surface area is 79.7 Å². The van der Waals surface area contributed by atoms with Gasteiger partial charge in [-0.1, -0.05) is 19.3 Å². The van der Waals surface area contributed by atoms with E-state index >= 15 is 0 Å². The fraction of sp³-hybridized carbons (Fsp3) is 0.909. The summed E-state index contributed by atoms with van der Waals surface area (Å²) in [5.74, 6) is 0.931. The van der Waals surface area contributed by atoms with Crippen LogP contribution in [-0.2, 0) is 9.53 Å². The highest BCUT2D eigenvalue weighted by atomic mass is 16.5. The highest BCUT2D eigenvalue weighted by Crippen LogP contribution is 2.36. The van der Waals surface area contributed by atoms with Gasteiger partial charge in [0, 0.05) is 0 Å². The molecule has 0 radical (unpaired) electrons. The summed E-state index contributed by atoms with van der Waals surface area (Å²) in [5, 5.41) is 0. The largest absolute Gasteiger partial charge is 0.462 e. The average molecular weight is 182 g/mol. The van der Waals surface area contributed by atoms with Gasteiger partial charge in [-0.3, -0.25) is 4.79 Å². The number of esters is 1. The van der Waals surface area contributed by atoms with Crippen LogP contribution in [0.15, 0.2) is 0 Å². The second kappa shape index (κ2) is 3.69. The standard InChI is InChI=1S/C11H18O2/c1-8-7-10(11(12)13-8)9-5-3-2-4-6-9/h8-10H,2-7H2,1H3. The summed E-state index contributed by atoms with van der Waals surface area (Å²) in [6, 6.07) is 0.